The van der Waals surface area contributed by atoms with Crippen molar-refractivity contribution in [1.29, 1.82) is 0 Å². The fourth-order valence-electron chi connectivity index (χ4n) is 1.60. The van der Waals surface area contributed by atoms with E-state index < -0.39 is 11.7 Å². The highest BCUT2D eigenvalue weighted by molar-refractivity contribution is 9.10. The van der Waals surface area contributed by atoms with Crippen molar-refractivity contribution < 1.29 is 17.6 Å². The second-order valence-corrected chi connectivity index (χ2v) is 4.91. The van der Waals surface area contributed by atoms with Gasteiger partial charge in [0.05, 0.1) is 12.1 Å². The number of hydrogen-bond acceptors (Lipinski definition) is 2. The van der Waals surface area contributed by atoms with Gasteiger partial charge in [0.2, 0.25) is 0 Å². The first-order valence-corrected chi connectivity index (χ1v) is 6.31. The van der Waals surface area contributed by atoms with Gasteiger partial charge in [-0.15, -0.1) is 0 Å². The quantitative estimate of drug-likeness (QED) is 0.856. The first-order valence-electron chi connectivity index (χ1n) is 5.52. The third-order valence-electron chi connectivity index (χ3n) is 2.54. The Morgan fingerprint density at radius 2 is 1.95 bits per heavy atom. The van der Waals surface area contributed by atoms with Crippen LogP contribution in [0.4, 0.5) is 18.9 Å². The number of aryl methyl sites for hydroxylation is 1. The first-order chi connectivity index (χ1) is 8.86. The molecule has 0 unspecified atom stereocenters. The molecule has 0 aliphatic carbocycles. The lowest BCUT2D eigenvalue weighted by Gasteiger charge is -2.11. The van der Waals surface area contributed by atoms with Crippen molar-refractivity contribution in [2.45, 2.75) is 19.6 Å². The number of halogens is 4. The topological polar surface area (TPSA) is 25.2 Å². The van der Waals surface area contributed by atoms with Crippen LogP contribution in [-0.2, 0) is 12.7 Å². The maximum absolute atomic E-state index is 12.6. The second-order valence-electron chi connectivity index (χ2n) is 4.06. The number of nitrogens with one attached hydrogen (secondary N) is 1. The lowest BCUT2D eigenvalue weighted by molar-refractivity contribution is -0.137. The van der Waals surface area contributed by atoms with Gasteiger partial charge in [-0.1, -0.05) is 0 Å². The summed E-state index contributed by atoms with van der Waals surface area (Å²) >= 11 is 3.22. The molecule has 1 heterocycles. The van der Waals surface area contributed by atoms with Crippen LogP contribution in [-0.4, -0.2) is 0 Å². The summed E-state index contributed by atoms with van der Waals surface area (Å²) in [5.41, 5.74) is -0.308. The molecule has 0 radical (unpaired) electrons. The molecule has 0 bridgehead atoms. The summed E-state index contributed by atoms with van der Waals surface area (Å²) in [4.78, 5) is 0. The maximum Gasteiger partial charge on any atom is 0.416 e. The molecule has 2 aromatic rings. The van der Waals surface area contributed by atoms with Crippen molar-refractivity contribution in [1.82, 2.24) is 0 Å². The molecular weight excluding hydrogens is 323 g/mol. The van der Waals surface area contributed by atoms with Crippen LogP contribution in [0.5, 0.6) is 0 Å². The molecule has 0 spiro atoms. The van der Waals surface area contributed by atoms with Crippen LogP contribution in [0.1, 0.15) is 17.1 Å². The average molecular weight is 334 g/mol. The largest absolute Gasteiger partial charge is 0.465 e. The molecule has 0 aliphatic rings. The van der Waals surface area contributed by atoms with E-state index in [-0.39, 0.29) is 0 Å². The minimum Gasteiger partial charge on any atom is -0.465 e. The Labute approximate surface area is 116 Å². The molecule has 1 N–H and O–H groups in total. The Hall–Kier alpha value is -1.43. The molecule has 102 valence electrons. The molecule has 0 saturated heterocycles. The standard InChI is InChI=1S/C13H11BrF3NO/c1-8-2-4-10(19-8)7-18-12-6-9(13(15,16)17)3-5-11(12)14/h2-6,18H,7H2,1H3. The summed E-state index contributed by atoms with van der Waals surface area (Å²) in [5, 5.41) is 2.91. The van der Waals surface area contributed by atoms with E-state index >= 15 is 0 Å². The first kappa shape index (κ1) is 14.0. The van der Waals surface area contributed by atoms with E-state index in [1.54, 1.807) is 12.1 Å². The normalized spacial score (nSPS) is 11.6. The van der Waals surface area contributed by atoms with Crippen LogP contribution >= 0.6 is 15.9 Å². The van der Waals surface area contributed by atoms with E-state index in [4.69, 9.17) is 4.42 Å². The van der Waals surface area contributed by atoms with E-state index in [1.165, 1.54) is 6.07 Å². The van der Waals surface area contributed by atoms with Crippen molar-refractivity contribution in [2.24, 2.45) is 0 Å². The number of furan rings is 1. The minimum absolute atomic E-state index is 0.327. The highest BCUT2D eigenvalue weighted by Gasteiger charge is 2.30. The lowest BCUT2D eigenvalue weighted by atomic mass is 10.2. The van der Waals surface area contributed by atoms with E-state index in [0.717, 1.165) is 17.9 Å². The van der Waals surface area contributed by atoms with E-state index in [2.05, 4.69) is 21.2 Å². The van der Waals surface area contributed by atoms with E-state index in [1.807, 2.05) is 6.92 Å². The molecule has 0 amide bonds. The maximum atomic E-state index is 12.6. The number of benzene rings is 1. The highest BCUT2D eigenvalue weighted by atomic mass is 79.9. The fraction of sp³-hybridized carbons (Fsp3) is 0.231. The zero-order valence-corrected chi connectivity index (χ0v) is 11.6. The third-order valence-corrected chi connectivity index (χ3v) is 3.23. The predicted octanol–water partition coefficient (Wildman–Crippen LogP) is 4.98. The van der Waals surface area contributed by atoms with Gasteiger partial charge in [-0.25, -0.2) is 0 Å². The minimum atomic E-state index is -4.35. The number of anilines is 1. The molecule has 0 fully saturated rings. The van der Waals surface area contributed by atoms with Gasteiger partial charge in [-0.05, 0) is 53.2 Å². The van der Waals surface area contributed by atoms with Crippen LogP contribution in [0.3, 0.4) is 0 Å². The van der Waals surface area contributed by atoms with Gasteiger partial charge >= 0.3 is 6.18 Å². The number of hydrogen-bond donors (Lipinski definition) is 1. The van der Waals surface area contributed by atoms with Crippen molar-refractivity contribution in [3.63, 3.8) is 0 Å². The van der Waals surface area contributed by atoms with Crippen molar-refractivity contribution in [2.75, 3.05) is 5.32 Å². The van der Waals surface area contributed by atoms with Crippen molar-refractivity contribution >= 4 is 21.6 Å². The summed E-state index contributed by atoms with van der Waals surface area (Å²) in [5.74, 6) is 1.43. The Balaban J connectivity index is 2.15. The fourth-order valence-corrected chi connectivity index (χ4v) is 1.99. The summed E-state index contributed by atoms with van der Waals surface area (Å²) in [6, 6.07) is 7.06. The molecule has 0 aliphatic heterocycles. The van der Waals surface area contributed by atoms with Crippen LogP contribution < -0.4 is 5.32 Å². The zero-order chi connectivity index (χ0) is 14.0. The van der Waals surface area contributed by atoms with Gasteiger partial charge < -0.3 is 9.73 Å². The Morgan fingerprint density at radius 3 is 2.53 bits per heavy atom. The molecule has 19 heavy (non-hydrogen) atoms. The van der Waals surface area contributed by atoms with Crippen LogP contribution in [0, 0.1) is 6.92 Å². The Bertz CT molecular complexity index is 578. The summed E-state index contributed by atoms with van der Waals surface area (Å²) in [6.45, 7) is 2.14. The summed E-state index contributed by atoms with van der Waals surface area (Å²) in [6.07, 6.45) is -4.35. The molecule has 1 aromatic carbocycles. The zero-order valence-electron chi connectivity index (χ0n) is 10.0. The Kier molecular flexibility index (Phi) is 3.89. The molecule has 2 rings (SSSR count). The molecule has 6 heteroatoms. The molecule has 0 atom stereocenters. The predicted molar refractivity (Wildman–Crippen MR) is 69.9 cm³/mol. The van der Waals surface area contributed by atoms with Gasteiger partial charge in [0.25, 0.3) is 0 Å². The van der Waals surface area contributed by atoms with E-state index in [9.17, 15) is 13.2 Å². The van der Waals surface area contributed by atoms with Gasteiger partial charge in [0, 0.05) is 10.2 Å². The van der Waals surface area contributed by atoms with Gasteiger partial charge in [0.15, 0.2) is 0 Å². The number of alkyl halides is 3. The molecule has 0 saturated carbocycles. The second kappa shape index (κ2) is 5.28. The lowest BCUT2D eigenvalue weighted by Crippen LogP contribution is -2.06. The van der Waals surface area contributed by atoms with Crippen LogP contribution in [0.2, 0.25) is 0 Å². The average Bonchev–Trinajstić information content (AvgIpc) is 2.72. The van der Waals surface area contributed by atoms with Gasteiger partial charge in [-0.3, -0.25) is 0 Å². The summed E-state index contributed by atoms with van der Waals surface area (Å²) < 4.78 is 43.7. The highest BCUT2D eigenvalue weighted by Crippen LogP contribution is 2.34. The van der Waals surface area contributed by atoms with Crippen molar-refractivity contribution in [3.8, 4) is 0 Å². The van der Waals surface area contributed by atoms with Crippen molar-refractivity contribution in [3.05, 3.63) is 51.9 Å². The monoisotopic (exact) mass is 333 g/mol. The SMILES string of the molecule is Cc1ccc(CNc2cc(C(F)(F)F)ccc2Br)o1. The van der Waals surface area contributed by atoms with Gasteiger partial charge in [0.1, 0.15) is 11.5 Å². The molecular formula is C13H11BrF3NO. The summed E-state index contributed by atoms with van der Waals surface area (Å²) in [7, 11) is 0. The van der Waals surface area contributed by atoms with Gasteiger partial charge in [-0.2, -0.15) is 13.2 Å². The third kappa shape index (κ3) is 3.53. The Morgan fingerprint density at radius 1 is 1.21 bits per heavy atom. The molecule has 1 aromatic heterocycles. The van der Waals surface area contributed by atoms with Crippen LogP contribution in [0.15, 0.2) is 39.2 Å². The smallest absolute Gasteiger partial charge is 0.416 e. The van der Waals surface area contributed by atoms with Crippen LogP contribution in [0.25, 0.3) is 0 Å². The number of rotatable bonds is 3. The van der Waals surface area contributed by atoms with E-state index in [0.29, 0.717) is 22.5 Å². The molecule has 2 nitrogen and oxygen atoms in total.